The van der Waals surface area contributed by atoms with Gasteiger partial charge in [0.15, 0.2) is 0 Å². The molecule has 2 N–H and O–H groups in total. The number of nitrogens with two attached hydrogens (primary N) is 1. The fourth-order valence-corrected chi connectivity index (χ4v) is 2.55. The molecular weight excluding hydrogens is 238 g/mol. The van der Waals surface area contributed by atoms with Crippen LogP contribution in [0.2, 0.25) is 0 Å². The molecule has 4 nitrogen and oxygen atoms in total. The molecule has 2 aromatic rings. The van der Waals surface area contributed by atoms with Crippen LogP contribution in [0.1, 0.15) is 25.7 Å². The number of anilines is 1. The number of nitrogens with zero attached hydrogens (tertiary/aromatic N) is 2. The number of hydrogen-bond donors (Lipinski definition) is 1. The van der Waals surface area contributed by atoms with Crippen molar-refractivity contribution in [3.63, 3.8) is 0 Å². The van der Waals surface area contributed by atoms with E-state index < -0.39 is 0 Å². The third-order valence-corrected chi connectivity index (χ3v) is 3.65. The molecule has 0 radical (unpaired) electrons. The molecule has 1 heterocycles. The highest BCUT2D eigenvalue weighted by atomic mass is 16.5. The van der Waals surface area contributed by atoms with E-state index in [2.05, 4.69) is 5.10 Å². The van der Waals surface area contributed by atoms with Gasteiger partial charge < -0.3 is 10.5 Å². The first-order valence-corrected chi connectivity index (χ1v) is 6.79. The molecule has 0 unspecified atom stereocenters. The number of aryl methyl sites for hydroxylation is 1. The van der Waals surface area contributed by atoms with Crippen LogP contribution in [0.15, 0.2) is 30.3 Å². The van der Waals surface area contributed by atoms with Gasteiger partial charge in [-0.15, -0.1) is 0 Å². The van der Waals surface area contributed by atoms with Gasteiger partial charge >= 0.3 is 0 Å². The maximum Gasteiger partial charge on any atom is 0.121 e. The lowest BCUT2D eigenvalue weighted by molar-refractivity contribution is 0.210. The molecule has 3 rings (SSSR count). The predicted octanol–water partition coefficient (Wildman–Crippen LogP) is 2.99. The third-order valence-electron chi connectivity index (χ3n) is 3.65. The second-order valence-corrected chi connectivity index (χ2v) is 5.13. The quantitative estimate of drug-likeness (QED) is 0.919. The number of ether oxygens (including phenoxy) is 1. The minimum atomic E-state index is 0.379. The molecule has 1 aliphatic rings. The average Bonchev–Trinajstić information content (AvgIpc) is 3.01. The van der Waals surface area contributed by atoms with Crippen molar-refractivity contribution < 1.29 is 4.74 Å². The summed E-state index contributed by atoms with van der Waals surface area (Å²) >= 11 is 0. The van der Waals surface area contributed by atoms with Crippen molar-refractivity contribution in [2.45, 2.75) is 31.8 Å². The summed E-state index contributed by atoms with van der Waals surface area (Å²) in [5, 5.41) is 4.39. The van der Waals surface area contributed by atoms with Crippen molar-refractivity contribution in [1.29, 1.82) is 0 Å². The van der Waals surface area contributed by atoms with E-state index in [0.717, 1.165) is 17.0 Å². The highest BCUT2D eigenvalue weighted by Crippen LogP contribution is 2.28. The third kappa shape index (κ3) is 2.57. The standard InChI is InChI=1S/C15H19N3O/c1-18-15(16)10-14(17-18)11-5-4-8-13(9-11)19-12-6-2-3-7-12/h4-5,8-10,12H,2-3,6-7,16H2,1H3. The molecule has 0 aliphatic heterocycles. The lowest BCUT2D eigenvalue weighted by Crippen LogP contribution is -2.10. The van der Waals surface area contributed by atoms with Crippen LogP contribution in [0.3, 0.4) is 0 Å². The second-order valence-electron chi connectivity index (χ2n) is 5.13. The largest absolute Gasteiger partial charge is 0.490 e. The van der Waals surface area contributed by atoms with E-state index >= 15 is 0 Å². The number of nitrogen functional groups attached to an aromatic ring is 1. The Morgan fingerprint density at radius 3 is 2.74 bits per heavy atom. The van der Waals surface area contributed by atoms with Crippen LogP contribution in [0.5, 0.6) is 5.75 Å². The zero-order chi connectivity index (χ0) is 13.2. The van der Waals surface area contributed by atoms with Crippen molar-refractivity contribution in [2.75, 3.05) is 5.73 Å². The van der Waals surface area contributed by atoms with Crippen LogP contribution < -0.4 is 10.5 Å². The van der Waals surface area contributed by atoms with E-state index in [0.29, 0.717) is 11.9 Å². The summed E-state index contributed by atoms with van der Waals surface area (Å²) in [5.74, 6) is 1.59. The number of benzene rings is 1. The van der Waals surface area contributed by atoms with Gasteiger partial charge in [-0.05, 0) is 37.8 Å². The summed E-state index contributed by atoms with van der Waals surface area (Å²) in [6.07, 6.45) is 5.27. The fourth-order valence-electron chi connectivity index (χ4n) is 2.55. The maximum absolute atomic E-state index is 6.01. The van der Waals surface area contributed by atoms with Gasteiger partial charge in [0.05, 0.1) is 11.8 Å². The summed E-state index contributed by atoms with van der Waals surface area (Å²) < 4.78 is 7.69. The number of aromatic nitrogens is 2. The van der Waals surface area contributed by atoms with Crippen LogP contribution in [0, 0.1) is 0 Å². The molecule has 1 fully saturated rings. The Kier molecular flexibility index (Phi) is 3.15. The van der Waals surface area contributed by atoms with Gasteiger partial charge in [-0.1, -0.05) is 12.1 Å². The summed E-state index contributed by atoms with van der Waals surface area (Å²) in [5.41, 5.74) is 7.75. The SMILES string of the molecule is Cn1nc(-c2cccc(OC3CCCC3)c2)cc1N. The molecule has 4 heteroatoms. The van der Waals surface area contributed by atoms with Gasteiger partial charge in [-0.2, -0.15) is 5.10 Å². The van der Waals surface area contributed by atoms with E-state index in [1.807, 2.05) is 37.4 Å². The maximum atomic E-state index is 6.01. The highest BCUT2D eigenvalue weighted by Gasteiger charge is 2.16. The van der Waals surface area contributed by atoms with E-state index in [9.17, 15) is 0 Å². The topological polar surface area (TPSA) is 53.1 Å². The summed E-state index contributed by atoms with van der Waals surface area (Å²) in [4.78, 5) is 0. The Bertz CT molecular complexity index is 551. The first kappa shape index (κ1) is 12.1. The highest BCUT2D eigenvalue weighted by molar-refractivity contribution is 5.63. The number of rotatable bonds is 3. The van der Waals surface area contributed by atoms with E-state index in [4.69, 9.17) is 10.5 Å². The van der Waals surface area contributed by atoms with Gasteiger partial charge in [0.1, 0.15) is 11.6 Å². The first-order chi connectivity index (χ1) is 9.22. The molecule has 0 atom stereocenters. The molecular formula is C15H19N3O. The number of hydrogen-bond acceptors (Lipinski definition) is 3. The molecule has 1 saturated carbocycles. The zero-order valence-electron chi connectivity index (χ0n) is 11.2. The minimum absolute atomic E-state index is 0.379. The summed E-state index contributed by atoms with van der Waals surface area (Å²) in [6, 6.07) is 9.97. The van der Waals surface area contributed by atoms with Crippen LogP contribution in [0.4, 0.5) is 5.82 Å². The van der Waals surface area contributed by atoms with Gasteiger partial charge in [-0.3, -0.25) is 4.68 Å². The van der Waals surface area contributed by atoms with Crippen molar-refractivity contribution >= 4 is 5.82 Å². The minimum Gasteiger partial charge on any atom is -0.490 e. The molecule has 0 amide bonds. The zero-order valence-corrected chi connectivity index (χ0v) is 11.2. The van der Waals surface area contributed by atoms with Gasteiger partial charge in [0.2, 0.25) is 0 Å². The first-order valence-electron chi connectivity index (χ1n) is 6.79. The van der Waals surface area contributed by atoms with E-state index in [1.54, 1.807) is 4.68 Å². The molecule has 1 aromatic carbocycles. The molecule has 0 bridgehead atoms. The predicted molar refractivity (Wildman–Crippen MR) is 75.9 cm³/mol. The smallest absolute Gasteiger partial charge is 0.121 e. The lowest BCUT2D eigenvalue weighted by Gasteiger charge is -2.13. The van der Waals surface area contributed by atoms with Crippen LogP contribution >= 0.6 is 0 Å². The molecule has 1 aromatic heterocycles. The van der Waals surface area contributed by atoms with Crippen molar-refractivity contribution in [3.05, 3.63) is 30.3 Å². The monoisotopic (exact) mass is 257 g/mol. The Labute approximate surface area is 113 Å². The summed E-state index contributed by atoms with van der Waals surface area (Å²) in [6.45, 7) is 0. The lowest BCUT2D eigenvalue weighted by atomic mass is 10.1. The van der Waals surface area contributed by atoms with Crippen LogP contribution in [0.25, 0.3) is 11.3 Å². The van der Waals surface area contributed by atoms with Gasteiger partial charge in [-0.25, -0.2) is 0 Å². The molecule has 0 spiro atoms. The van der Waals surface area contributed by atoms with Gasteiger partial charge in [0, 0.05) is 18.7 Å². The van der Waals surface area contributed by atoms with E-state index in [1.165, 1.54) is 25.7 Å². The normalized spacial score (nSPS) is 15.8. The van der Waals surface area contributed by atoms with Crippen molar-refractivity contribution in [3.8, 4) is 17.0 Å². The molecule has 1 aliphatic carbocycles. The molecule has 0 saturated heterocycles. The Morgan fingerprint density at radius 2 is 2.05 bits per heavy atom. The molecule has 100 valence electrons. The average molecular weight is 257 g/mol. The Hall–Kier alpha value is -1.97. The van der Waals surface area contributed by atoms with Crippen LogP contribution in [-0.2, 0) is 7.05 Å². The van der Waals surface area contributed by atoms with Gasteiger partial charge in [0.25, 0.3) is 0 Å². The van der Waals surface area contributed by atoms with Crippen LogP contribution in [-0.4, -0.2) is 15.9 Å². The van der Waals surface area contributed by atoms with Crippen molar-refractivity contribution in [1.82, 2.24) is 9.78 Å². The van der Waals surface area contributed by atoms with E-state index in [-0.39, 0.29) is 0 Å². The van der Waals surface area contributed by atoms with Crippen molar-refractivity contribution in [2.24, 2.45) is 7.05 Å². The Balaban J connectivity index is 1.82. The Morgan fingerprint density at radius 1 is 1.26 bits per heavy atom. The fraction of sp³-hybridized carbons (Fsp3) is 0.400. The molecule has 19 heavy (non-hydrogen) atoms. The summed E-state index contributed by atoms with van der Waals surface area (Å²) in [7, 11) is 1.84. The second kappa shape index (κ2) is 4.96.